The van der Waals surface area contributed by atoms with Gasteiger partial charge in [-0.1, -0.05) is 30.7 Å². The van der Waals surface area contributed by atoms with E-state index in [2.05, 4.69) is 40.9 Å². The maximum absolute atomic E-state index is 10.5. The quantitative estimate of drug-likeness (QED) is 0.925. The SMILES string of the molecule is CCc1nn(C)c(CC(O)c2ccc(C)cc2C)c1Br. The number of aliphatic hydroxyl groups excluding tert-OH is 1. The van der Waals surface area contributed by atoms with E-state index in [1.54, 1.807) is 0 Å². The lowest BCUT2D eigenvalue weighted by atomic mass is 9.98. The lowest BCUT2D eigenvalue weighted by Gasteiger charge is -2.15. The number of aliphatic hydroxyl groups is 1. The Bertz CT molecular complexity index is 619. The summed E-state index contributed by atoms with van der Waals surface area (Å²) in [7, 11) is 1.92. The number of nitrogens with zero attached hydrogens (tertiary/aromatic N) is 2. The minimum Gasteiger partial charge on any atom is -0.388 e. The van der Waals surface area contributed by atoms with Crippen molar-refractivity contribution in [3.8, 4) is 0 Å². The first-order chi connectivity index (χ1) is 9.43. The second-order valence-electron chi connectivity index (χ2n) is 5.26. The topological polar surface area (TPSA) is 38.0 Å². The van der Waals surface area contributed by atoms with Gasteiger partial charge >= 0.3 is 0 Å². The molecule has 2 rings (SSSR count). The number of halogens is 1. The van der Waals surface area contributed by atoms with E-state index >= 15 is 0 Å². The molecule has 0 aliphatic heterocycles. The standard InChI is InChI=1S/C16H21BrN2O/c1-5-13-16(17)14(19(4)18-13)9-15(20)12-7-6-10(2)8-11(12)3/h6-8,15,20H,5,9H2,1-4H3. The van der Waals surface area contributed by atoms with Crippen LogP contribution in [0.1, 0.15) is 41.1 Å². The molecule has 0 aliphatic carbocycles. The van der Waals surface area contributed by atoms with E-state index in [-0.39, 0.29) is 0 Å². The summed E-state index contributed by atoms with van der Waals surface area (Å²) < 4.78 is 2.88. The largest absolute Gasteiger partial charge is 0.388 e. The van der Waals surface area contributed by atoms with E-state index in [0.717, 1.165) is 33.4 Å². The number of hydrogen-bond acceptors (Lipinski definition) is 2. The molecule has 1 aromatic heterocycles. The van der Waals surface area contributed by atoms with E-state index in [1.165, 1.54) is 5.56 Å². The summed E-state index contributed by atoms with van der Waals surface area (Å²) in [5.41, 5.74) is 5.41. The molecule has 0 bridgehead atoms. The number of aryl methyl sites for hydroxylation is 4. The smallest absolute Gasteiger partial charge is 0.0848 e. The molecule has 2 aromatic rings. The zero-order valence-corrected chi connectivity index (χ0v) is 14.0. The Morgan fingerprint density at radius 1 is 1.35 bits per heavy atom. The molecule has 108 valence electrons. The van der Waals surface area contributed by atoms with Gasteiger partial charge < -0.3 is 5.11 Å². The van der Waals surface area contributed by atoms with Gasteiger partial charge in [0, 0.05) is 13.5 Å². The molecule has 1 unspecified atom stereocenters. The molecule has 3 nitrogen and oxygen atoms in total. The fraction of sp³-hybridized carbons (Fsp3) is 0.438. The molecule has 1 atom stereocenters. The summed E-state index contributed by atoms with van der Waals surface area (Å²) >= 11 is 3.60. The van der Waals surface area contributed by atoms with Crippen molar-refractivity contribution in [1.82, 2.24) is 9.78 Å². The van der Waals surface area contributed by atoms with Crippen LogP contribution in [0.5, 0.6) is 0 Å². The van der Waals surface area contributed by atoms with Gasteiger partial charge in [-0.15, -0.1) is 0 Å². The maximum Gasteiger partial charge on any atom is 0.0848 e. The number of benzene rings is 1. The van der Waals surface area contributed by atoms with Gasteiger partial charge in [-0.05, 0) is 47.3 Å². The highest BCUT2D eigenvalue weighted by molar-refractivity contribution is 9.10. The second-order valence-corrected chi connectivity index (χ2v) is 6.06. The predicted octanol–water partition coefficient (Wildman–Crippen LogP) is 3.64. The number of rotatable bonds is 4. The summed E-state index contributed by atoms with van der Waals surface area (Å²) in [4.78, 5) is 0. The van der Waals surface area contributed by atoms with E-state index in [0.29, 0.717) is 6.42 Å². The van der Waals surface area contributed by atoms with Gasteiger partial charge in [0.15, 0.2) is 0 Å². The molecular weight excluding hydrogens is 316 g/mol. The summed E-state index contributed by atoms with van der Waals surface area (Å²) in [6, 6.07) is 6.16. The first-order valence-corrected chi connectivity index (χ1v) is 7.68. The summed E-state index contributed by atoms with van der Waals surface area (Å²) in [6.07, 6.45) is 0.939. The van der Waals surface area contributed by atoms with Crippen molar-refractivity contribution in [2.45, 2.75) is 39.7 Å². The Balaban J connectivity index is 2.27. The molecule has 1 heterocycles. The third-order valence-electron chi connectivity index (χ3n) is 3.67. The molecule has 0 radical (unpaired) electrons. The van der Waals surface area contributed by atoms with Crippen LogP contribution in [0.4, 0.5) is 0 Å². The summed E-state index contributed by atoms with van der Waals surface area (Å²) in [5, 5.41) is 15.0. The van der Waals surface area contributed by atoms with Gasteiger partial charge in [0.05, 0.1) is 22.0 Å². The van der Waals surface area contributed by atoms with Gasteiger partial charge in [-0.3, -0.25) is 4.68 Å². The minimum atomic E-state index is -0.507. The van der Waals surface area contributed by atoms with Crippen molar-refractivity contribution in [2.75, 3.05) is 0 Å². The van der Waals surface area contributed by atoms with E-state index in [4.69, 9.17) is 0 Å². The van der Waals surface area contributed by atoms with Crippen molar-refractivity contribution in [3.63, 3.8) is 0 Å². The lowest BCUT2D eigenvalue weighted by Crippen LogP contribution is -2.08. The van der Waals surface area contributed by atoms with Gasteiger partial charge in [-0.25, -0.2) is 0 Å². The van der Waals surface area contributed by atoms with Crippen LogP contribution in [0, 0.1) is 13.8 Å². The van der Waals surface area contributed by atoms with Crippen molar-refractivity contribution in [1.29, 1.82) is 0 Å². The normalized spacial score (nSPS) is 12.7. The Kier molecular flexibility index (Phi) is 4.66. The van der Waals surface area contributed by atoms with Crippen LogP contribution in [0.15, 0.2) is 22.7 Å². The summed E-state index contributed by atoms with van der Waals surface area (Å²) in [5.74, 6) is 0. The highest BCUT2D eigenvalue weighted by Crippen LogP contribution is 2.28. The molecule has 0 saturated heterocycles. The monoisotopic (exact) mass is 336 g/mol. The van der Waals surface area contributed by atoms with Crippen LogP contribution in [-0.4, -0.2) is 14.9 Å². The Morgan fingerprint density at radius 3 is 2.60 bits per heavy atom. The predicted molar refractivity (Wildman–Crippen MR) is 84.9 cm³/mol. The van der Waals surface area contributed by atoms with Crippen LogP contribution in [-0.2, 0) is 19.9 Å². The molecule has 0 amide bonds. The lowest BCUT2D eigenvalue weighted by molar-refractivity contribution is 0.175. The van der Waals surface area contributed by atoms with E-state index in [9.17, 15) is 5.11 Å². The van der Waals surface area contributed by atoms with Crippen LogP contribution < -0.4 is 0 Å². The zero-order valence-electron chi connectivity index (χ0n) is 12.4. The van der Waals surface area contributed by atoms with Crippen LogP contribution in [0.3, 0.4) is 0 Å². The highest BCUT2D eigenvalue weighted by Gasteiger charge is 2.18. The van der Waals surface area contributed by atoms with Crippen LogP contribution in [0.25, 0.3) is 0 Å². The first kappa shape index (κ1) is 15.3. The molecule has 0 saturated carbocycles. The van der Waals surface area contributed by atoms with Gasteiger partial charge in [-0.2, -0.15) is 5.10 Å². The average molecular weight is 337 g/mol. The summed E-state index contributed by atoms with van der Waals surface area (Å²) in [6.45, 7) is 6.19. The minimum absolute atomic E-state index is 0.507. The van der Waals surface area contributed by atoms with Gasteiger partial charge in [0.1, 0.15) is 0 Å². The third-order valence-corrected chi connectivity index (χ3v) is 4.59. The zero-order chi connectivity index (χ0) is 14.9. The fourth-order valence-electron chi connectivity index (χ4n) is 2.53. The second kappa shape index (κ2) is 6.10. The molecule has 1 N–H and O–H groups in total. The average Bonchev–Trinajstić information content (AvgIpc) is 2.66. The molecule has 1 aromatic carbocycles. The van der Waals surface area contributed by atoms with Crippen molar-refractivity contribution in [2.24, 2.45) is 7.05 Å². The molecule has 4 heteroatoms. The third kappa shape index (κ3) is 2.96. The molecule has 0 fully saturated rings. The van der Waals surface area contributed by atoms with Crippen molar-refractivity contribution >= 4 is 15.9 Å². The molecular formula is C16H21BrN2O. The molecule has 0 spiro atoms. The van der Waals surface area contributed by atoms with Crippen LogP contribution in [0.2, 0.25) is 0 Å². The first-order valence-electron chi connectivity index (χ1n) is 6.89. The fourth-order valence-corrected chi connectivity index (χ4v) is 3.31. The Morgan fingerprint density at radius 2 is 2.05 bits per heavy atom. The van der Waals surface area contributed by atoms with Crippen molar-refractivity contribution in [3.05, 3.63) is 50.8 Å². The maximum atomic E-state index is 10.5. The number of hydrogen-bond donors (Lipinski definition) is 1. The number of aromatic nitrogens is 2. The highest BCUT2D eigenvalue weighted by atomic mass is 79.9. The van der Waals surface area contributed by atoms with E-state index in [1.807, 2.05) is 30.8 Å². The molecule has 0 aliphatic rings. The van der Waals surface area contributed by atoms with Crippen molar-refractivity contribution < 1.29 is 5.11 Å². The molecule has 20 heavy (non-hydrogen) atoms. The van der Waals surface area contributed by atoms with Gasteiger partial charge in [0.25, 0.3) is 0 Å². The Labute approximate surface area is 128 Å². The Hall–Kier alpha value is -1.13. The van der Waals surface area contributed by atoms with E-state index < -0.39 is 6.10 Å². The van der Waals surface area contributed by atoms with Crippen LogP contribution >= 0.6 is 15.9 Å². The van der Waals surface area contributed by atoms with Gasteiger partial charge in [0.2, 0.25) is 0 Å².